The largest absolute Gasteiger partial charge is 0.477 e. The van der Waals surface area contributed by atoms with Crippen LogP contribution in [0.1, 0.15) is 41.1 Å². The summed E-state index contributed by atoms with van der Waals surface area (Å²) in [5, 5.41) is 0.690. The van der Waals surface area contributed by atoms with Gasteiger partial charge in [0.15, 0.2) is 22.5 Å². The highest BCUT2D eigenvalue weighted by Gasteiger charge is 2.32. The lowest BCUT2D eigenvalue weighted by Crippen LogP contribution is -2.28. The van der Waals surface area contributed by atoms with Gasteiger partial charge >= 0.3 is 5.97 Å². The van der Waals surface area contributed by atoms with Crippen LogP contribution in [0.15, 0.2) is 24.3 Å². The summed E-state index contributed by atoms with van der Waals surface area (Å²) in [5.74, 6) is -0.601. The molecule has 2 heterocycles. The highest BCUT2D eigenvalue weighted by molar-refractivity contribution is 7.91. The first-order valence-electron chi connectivity index (χ1n) is 9.69. The lowest BCUT2D eigenvalue weighted by Gasteiger charge is -2.16. The van der Waals surface area contributed by atoms with Crippen LogP contribution in [0.2, 0.25) is 10.0 Å². The number of ketones is 1. The van der Waals surface area contributed by atoms with E-state index in [2.05, 4.69) is 0 Å². The number of esters is 1. The monoisotopic (exact) mass is 487 g/mol. The fraction of sp³-hybridized carbons (Fsp3) is 0.429. The van der Waals surface area contributed by atoms with Gasteiger partial charge in [0, 0.05) is 28.0 Å². The Bertz CT molecular complexity index is 1130. The first-order chi connectivity index (χ1) is 14.5. The minimum absolute atomic E-state index is 0.0636. The van der Waals surface area contributed by atoms with Crippen LogP contribution in [0.5, 0.6) is 5.75 Å². The van der Waals surface area contributed by atoms with E-state index in [9.17, 15) is 18.0 Å². The summed E-state index contributed by atoms with van der Waals surface area (Å²) in [7, 11) is -3.06. The van der Waals surface area contributed by atoms with Gasteiger partial charge in [0.1, 0.15) is 5.75 Å². The quantitative estimate of drug-likeness (QED) is 0.433. The number of carbonyl (C=O) groups is 2. The summed E-state index contributed by atoms with van der Waals surface area (Å²) < 4.78 is 36.2. The molecule has 10 heteroatoms. The van der Waals surface area contributed by atoms with Gasteiger partial charge in [-0.1, -0.05) is 23.2 Å². The molecular weight excluding hydrogens is 465 g/mol. The van der Waals surface area contributed by atoms with E-state index in [1.807, 2.05) is 11.5 Å². The third-order valence-corrected chi connectivity index (χ3v) is 7.51. The lowest BCUT2D eigenvalue weighted by molar-refractivity contribution is -0.149. The van der Waals surface area contributed by atoms with Crippen molar-refractivity contribution in [2.24, 2.45) is 0 Å². The summed E-state index contributed by atoms with van der Waals surface area (Å²) in [6.45, 7) is 4.63. The minimum Gasteiger partial charge on any atom is -0.477 e. The van der Waals surface area contributed by atoms with Crippen molar-refractivity contribution in [1.82, 2.24) is 4.57 Å². The van der Waals surface area contributed by atoms with Gasteiger partial charge in [-0.25, -0.2) is 13.2 Å². The van der Waals surface area contributed by atoms with Gasteiger partial charge < -0.3 is 14.0 Å². The van der Waals surface area contributed by atoms with Crippen molar-refractivity contribution < 1.29 is 27.5 Å². The number of benzene rings is 1. The summed E-state index contributed by atoms with van der Waals surface area (Å²) in [4.78, 5) is 24.9. The Morgan fingerprint density at radius 1 is 1.23 bits per heavy atom. The first-order valence-corrected chi connectivity index (χ1v) is 12.3. The number of sulfone groups is 1. The zero-order chi connectivity index (χ0) is 22.9. The van der Waals surface area contributed by atoms with Gasteiger partial charge in [0.05, 0.1) is 16.5 Å². The normalized spacial score (nSPS) is 18.5. The second-order valence-corrected chi connectivity index (χ2v) is 10.6. The molecule has 2 unspecified atom stereocenters. The number of carbonyl (C=O) groups excluding carboxylic acids is 2. The van der Waals surface area contributed by atoms with Crippen LogP contribution in [0, 0.1) is 13.8 Å². The zero-order valence-corrected chi connectivity index (χ0v) is 19.7. The Kier molecular flexibility index (Phi) is 7.03. The predicted octanol–water partition coefficient (Wildman–Crippen LogP) is 3.96. The molecule has 0 saturated carbocycles. The van der Waals surface area contributed by atoms with E-state index in [-0.39, 0.29) is 34.1 Å². The number of ether oxygens (including phenoxy) is 2. The van der Waals surface area contributed by atoms with E-state index in [4.69, 9.17) is 32.7 Å². The van der Waals surface area contributed by atoms with Crippen LogP contribution in [0.4, 0.5) is 0 Å². The van der Waals surface area contributed by atoms with E-state index in [0.717, 1.165) is 5.69 Å². The Morgan fingerprint density at radius 3 is 2.55 bits per heavy atom. The van der Waals surface area contributed by atoms with Crippen molar-refractivity contribution in [1.29, 1.82) is 0 Å². The van der Waals surface area contributed by atoms with Crippen LogP contribution in [-0.2, 0) is 19.4 Å². The van der Waals surface area contributed by atoms with E-state index >= 15 is 0 Å². The standard InChI is InChI=1S/C21H23Cl2NO6S/c1-12-8-17(13(2)24(12)16-6-7-31(27,28)11-16)19(25)10-29-21(26)14(3)30-20-5-4-15(22)9-18(20)23/h4-5,8-9,14,16H,6-7,10-11H2,1-3H3. The fourth-order valence-corrected chi connectivity index (χ4v) is 5.89. The number of halogens is 2. The van der Waals surface area contributed by atoms with Crippen molar-refractivity contribution in [3.63, 3.8) is 0 Å². The van der Waals surface area contributed by atoms with Crippen molar-refractivity contribution in [2.45, 2.75) is 39.3 Å². The maximum atomic E-state index is 12.7. The second kappa shape index (κ2) is 9.22. The van der Waals surface area contributed by atoms with E-state index < -0.39 is 28.5 Å². The first kappa shape index (κ1) is 23.6. The topological polar surface area (TPSA) is 91.7 Å². The molecule has 0 amide bonds. The fourth-order valence-electron chi connectivity index (χ4n) is 3.74. The van der Waals surface area contributed by atoms with Gasteiger partial charge in [0.2, 0.25) is 5.78 Å². The molecule has 0 radical (unpaired) electrons. The molecule has 0 aliphatic carbocycles. The van der Waals surface area contributed by atoms with Crippen LogP contribution < -0.4 is 4.74 Å². The number of rotatable bonds is 7. The number of aryl methyl sites for hydroxylation is 1. The molecule has 1 aromatic heterocycles. The van der Waals surface area contributed by atoms with Crippen molar-refractivity contribution in [3.8, 4) is 5.75 Å². The summed E-state index contributed by atoms with van der Waals surface area (Å²) >= 11 is 11.9. The SMILES string of the molecule is Cc1cc(C(=O)COC(=O)C(C)Oc2ccc(Cl)cc2Cl)c(C)n1C1CCS(=O)(=O)C1. The number of Topliss-reactive ketones (excluding diaryl/α,β-unsaturated/α-hetero) is 1. The maximum Gasteiger partial charge on any atom is 0.347 e. The average molecular weight is 488 g/mol. The van der Waals surface area contributed by atoms with Crippen LogP contribution >= 0.6 is 23.2 Å². The number of nitrogens with zero attached hydrogens (tertiary/aromatic N) is 1. The van der Waals surface area contributed by atoms with Gasteiger partial charge in [0.25, 0.3) is 0 Å². The molecule has 2 aromatic rings. The Hall–Kier alpha value is -2.03. The van der Waals surface area contributed by atoms with E-state index in [0.29, 0.717) is 22.7 Å². The maximum absolute atomic E-state index is 12.7. The Labute approximate surface area is 191 Å². The molecule has 0 bridgehead atoms. The number of hydrogen-bond acceptors (Lipinski definition) is 6. The van der Waals surface area contributed by atoms with Crippen LogP contribution in [0.25, 0.3) is 0 Å². The molecule has 7 nitrogen and oxygen atoms in total. The molecule has 1 fully saturated rings. The predicted molar refractivity (Wildman–Crippen MR) is 118 cm³/mol. The summed E-state index contributed by atoms with van der Waals surface area (Å²) in [6.07, 6.45) is -0.466. The molecule has 3 rings (SSSR count). The summed E-state index contributed by atoms with van der Waals surface area (Å²) in [6, 6.07) is 6.12. The molecule has 2 atom stereocenters. The Morgan fingerprint density at radius 2 is 1.94 bits per heavy atom. The molecule has 1 aliphatic heterocycles. The average Bonchev–Trinajstić information content (AvgIpc) is 3.19. The molecule has 31 heavy (non-hydrogen) atoms. The van der Waals surface area contributed by atoms with E-state index in [1.54, 1.807) is 19.1 Å². The van der Waals surface area contributed by atoms with Crippen molar-refractivity contribution >= 4 is 44.8 Å². The highest BCUT2D eigenvalue weighted by atomic mass is 35.5. The highest BCUT2D eigenvalue weighted by Crippen LogP contribution is 2.30. The molecule has 1 saturated heterocycles. The minimum atomic E-state index is -3.06. The van der Waals surface area contributed by atoms with Gasteiger partial charge in [-0.2, -0.15) is 0 Å². The van der Waals surface area contributed by atoms with Gasteiger partial charge in [-0.05, 0) is 51.5 Å². The van der Waals surface area contributed by atoms with Crippen molar-refractivity contribution in [3.05, 3.63) is 51.3 Å². The van der Waals surface area contributed by atoms with Crippen molar-refractivity contribution in [2.75, 3.05) is 18.1 Å². The Balaban J connectivity index is 1.63. The third-order valence-electron chi connectivity index (χ3n) is 5.23. The zero-order valence-electron chi connectivity index (χ0n) is 17.4. The van der Waals surface area contributed by atoms with Crippen LogP contribution in [0.3, 0.4) is 0 Å². The summed E-state index contributed by atoms with van der Waals surface area (Å²) in [5.41, 5.74) is 1.87. The van der Waals surface area contributed by atoms with Gasteiger partial charge in [-0.3, -0.25) is 4.79 Å². The molecule has 0 spiro atoms. The molecule has 1 aliphatic rings. The molecular formula is C21H23Cl2NO6S. The molecule has 168 valence electrons. The molecule has 0 N–H and O–H groups in total. The smallest absolute Gasteiger partial charge is 0.347 e. The number of hydrogen-bond donors (Lipinski definition) is 0. The molecule has 1 aromatic carbocycles. The lowest BCUT2D eigenvalue weighted by atomic mass is 10.1. The second-order valence-electron chi connectivity index (χ2n) is 7.58. The third kappa shape index (κ3) is 5.42. The van der Waals surface area contributed by atoms with Gasteiger partial charge in [-0.15, -0.1) is 0 Å². The van der Waals surface area contributed by atoms with Crippen LogP contribution in [-0.4, -0.2) is 49.0 Å². The van der Waals surface area contributed by atoms with E-state index in [1.165, 1.54) is 19.1 Å². The number of aromatic nitrogens is 1.